The number of aliphatic imine (C=N–C) groups is 1. The Morgan fingerprint density at radius 3 is 2.46 bits per heavy atom. The molecule has 0 bridgehead atoms. The van der Waals surface area contributed by atoms with Gasteiger partial charge in [0.05, 0.1) is 27.2 Å². The molecule has 0 unspecified atom stereocenters. The molecule has 1 amide bonds. The minimum absolute atomic E-state index is 0.206. The lowest BCUT2D eigenvalue weighted by molar-refractivity contribution is -0.115. The Morgan fingerprint density at radius 1 is 1.19 bits per heavy atom. The van der Waals surface area contributed by atoms with Crippen LogP contribution in [0.2, 0.25) is 10.0 Å². The molecule has 0 saturated carbocycles. The van der Waals surface area contributed by atoms with Gasteiger partial charge in [0.15, 0.2) is 10.9 Å². The molecule has 26 heavy (non-hydrogen) atoms. The summed E-state index contributed by atoms with van der Waals surface area (Å²) in [6, 6.07) is 11.2. The standard InChI is InChI=1S/C19H16Cl2N2O2S/c1-3-25-17-14(20)8-12(9-15(17)21)10-16-18(24)23-19(26-16)22-13-6-4-11(2)5-7-13/h4-10H,3H2,1-2H3,(H,22,23,24)/b16-10+. The number of rotatable bonds is 4. The zero-order chi connectivity index (χ0) is 18.7. The fourth-order valence-electron chi connectivity index (χ4n) is 2.31. The largest absolute Gasteiger partial charge is 0.491 e. The summed E-state index contributed by atoms with van der Waals surface area (Å²) in [5.74, 6) is 0.241. The number of nitrogens with one attached hydrogen (secondary N) is 1. The summed E-state index contributed by atoms with van der Waals surface area (Å²) in [5, 5.41) is 4.11. The molecule has 1 N–H and O–H groups in total. The van der Waals surface area contributed by atoms with E-state index >= 15 is 0 Å². The third kappa shape index (κ3) is 4.41. The molecule has 134 valence electrons. The van der Waals surface area contributed by atoms with E-state index in [1.165, 1.54) is 11.8 Å². The van der Waals surface area contributed by atoms with E-state index in [1.54, 1.807) is 18.2 Å². The first-order chi connectivity index (χ1) is 12.5. The lowest BCUT2D eigenvalue weighted by Gasteiger charge is -2.08. The van der Waals surface area contributed by atoms with Crippen LogP contribution in [0.25, 0.3) is 6.08 Å². The summed E-state index contributed by atoms with van der Waals surface area (Å²) in [5.41, 5.74) is 2.66. The van der Waals surface area contributed by atoms with Crippen LogP contribution in [0.5, 0.6) is 5.75 Å². The predicted octanol–water partition coefficient (Wildman–Crippen LogP) is 5.59. The molecule has 1 saturated heterocycles. The molecule has 4 nitrogen and oxygen atoms in total. The second-order valence-corrected chi connectivity index (χ2v) is 7.41. The van der Waals surface area contributed by atoms with Crippen molar-refractivity contribution in [2.45, 2.75) is 13.8 Å². The Morgan fingerprint density at radius 2 is 1.85 bits per heavy atom. The van der Waals surface area contributed by atoms with E-state index in [1.807, 2.05) is 38.1 Å². The van der Waals surface area contributed by atoms with Crippen molar-refractivity contribution in [2.24, 2.45) is 4.99 Å². The van der Waals surface area contributed by atoms with Crippen LogP contribution in [-0.4, -0.2) is 17.7 Å². The van der Waals surface area contributed by atoms with E-state index in [2.05, 4.69) is 10.3 Å². The van der Waals surface area contributed by atoms with Crippen molar-refractivity contribution in [1.29, 1.82) is 0 Å². The average Bonchev–Trinajstić information content (AvgIpc) is 2.92. The lowest BCUT2D eigenvalue weighted by Crippen LogP contribution is -2.19. The normalized spacial score (nSPS) is 17.0. The summed E-state index contributed by atoms with van der Waals surface area (Å²) < 4.78 is 5.42. The first-order valence-electron chi connectivity index (χ1n) is 7.94. The fraction of sp³-hybridized carbons (Fsp3) is 0.158. The zero-order valence-corrected chi connectivity index (χ0v) is 16.5. The van der Waals surface area contributed by atoms with E-state index in [4.69, 9.17) is 27.9 Å². The quantitative estimate of drug-likeness (QED) is 0.672. The molecule has 1 heterocycles. The Labute approximate surface area is 166 Å². The van der Waals surface area contributed by atoms with Gasteiger partial charge in [-0.3, -0.25) is 4.79 Å². The van der Waals surface area contributed by atoms with Crippen LogP contribution in [0, 0.1) is 6.92 Å². The minimum Gasteiger partial charge on any atom is -0.491 e. The van der Waals surface area contributed by atoms with Crippen molar-refractivity contribution in [1.82, 2.24) is 5.32 Å². The smallest absolute Gasteiger partial charge is 0.264 e. The van der Waals surface area contributed by atoms with Crippen LogP contribution >= 0.6 is 35.0 Å². The zero-order valence-electron chi connectivity index (χ0n) is 14.2. The highest BCUT2D eigenvalue weighted by Gasteiger charge is 2.24. The van der Waals surface area contributed by atoms with E-state index in [0.29, 0.717) is 32.5 Å². The number of benzene rings is 2. The van der Waals surface area contributed by atoms with Crippen LogP contribution in [0.1, 0.15) is 18.1 Å². The molecular weight excluding hydrogens is 391 g/mol. The van der Waals surface area contributed by atoms with E-state index in [0.717, 1.165) is 16.8 Å². The summed E-state index contributed by atoms with van der Waals surface area (Å²) in [6.07, 6.45) is 1.73. The third-order valence-electron chi connectivity index (χ3n) is 3.52. The van der Waals surface area contributed by atoms with Crippen LogP contribution in [0.3, 0.4) is 0 Å². The van der Waals surface area contributed by atoms with E-state index < -0.39 is 0 Å². The maximum absolute atomic E-state index is 12.2. The van der Waals surface area contributed by atoms with Gasteiger partial charge in [-0.15, -0.1) is 0 Å². The summed E-state index contributed by atoms with van der Waals surface area (Å²) in [7, 11) is 0. The van der Waals surface area contributed by atoms with Gasteiger partial charge in [-0.2, -0.15) is 0 Å². The number of carbonyl (C=O) groups excluding carboxylic acids is 1. The summed E-state index contributed by atoms with van der Waals surface area (Å²) >= 11 is 13.7. The van der Waals surface area contributed by atoms with Crippen molar-refractivity contribution < 1.29 is 9.53 Å². The molecular formula is C19H16Cl2N2O2S. The number of hydrogen-bond donors (Lipinski definition) is 1. The number of hydrogen-bond acceptors (Lipinski definition) is 4. The van der Waals surface area contributed by atoms with Crippen molar-refractivity contribution in [3.63, 3.8) is 0 Å². The number of amides is 1. The van der Waals surface area contributed by atoms with Crippen molar-refractivity contribution in [2.75, 3.05) is 6.61 Å². The first kappa shape index (κ1) is 18.8. The Bertz CT molecular complexity index is 885. The molecule has 7 heteroatoms. The van der Waals surface area contributed by atoms with Gasteiger partial charge < -0.3 is 10.1 Å². The van der Waals surface area contributed by atoms with Crippen LogP contribution in [0.4, 0.5) is 5.69 Å². The molecule has 0 spiro atoms. The first-order valence-corrected chi connectivity index (χ1v) is 9.51. The Kier molecular flexibility index (Phi) is 5.91. The number of nitrogens with zero attached hydrogens (tertiary/aromatic N) is 1. The molecule has 0 aliphatic carbocycles. The molecule has 0 radical (unpaired) electrons. The van der Waals surface area contributed by atoms with E-state index in [9.17, 15) is 4.79 Å². The predicted molar refractivity (Wildman–Crippen MR) is 110 cm³/mol. The van der Waals surface area contributed by atoms with Gasteiger partial charge in [-0.1, -0.05) is 40.9 Å². The maximum Gasteiger partial charge on any atom is 0.264 e. The third-order valence-corrected chi connectivity index (χ3v) is 4.99. The van der Waals surface area contributed by atoms with Gasteiger partial charge in [0.2, 0.25) is 0 Å². The molecule has 0 atom stereocenters. The number of ether oxygens (including phenoxy) is 1. The number of thioether (sulfide) groups is 1. The van der Waals surface area contributed by atoms with Crippen LogP contribution in [-0.2, 0) is 4.79 Å². The highest BCUT2D eigenvalue weighted by Crippen LogP contribution is 2.36. The van der Waals surface area contributed by atoms with Gasteiger partial charge >= 0.3 is 0 Å². The monoisotopic (exact) mass is 406 g/mol. The second kappa shape index (κ2) is 8.16. The van der Waals surface area contributed by atoms with Crippen LogP contribution < -0.4 is 10.1 Å². The molecule has 3 rings (SSSR count). The second-order valence-electron chi connectivity index (χ2n) is 5.56. The molecule has 2 aromatic rings. The van der Waals surface area contributed by atoms with Gasteiger partial charge in [0.25, 0.3) is 5.91 Å². The average molecular weight is 407 g/mol. The number of amidine groups is 1. The molecule has 0 aromatic heterocycles. The van der Waals surface area contributed by atoms with Crippen molar-refractivity contribution >= 4 is 57.8 Å². The summed E-state index contributed by atoms with van der Waals surface area (Å²) in [4.78, 5) is 17.2. The number of aryl methyl sites for hydroxylation is 1. The van der Waals surface area contributed by atoms with Crippen molar-refractivity contribution in [3.05, 3.63) is 62.5 Å². The minimum atomic E-state index is -0.206. The molecule has 2 aromatic carbocycles. The highest BCUT2D eigenvalue weighted by molar-refractivity contribution is 8.18. The highest BCUT2D eigenvalue weighted by atomic mass is 35.5. The number of halogens is 2. The van der Waals surface area contributed by atoms with Crippen molar-refractivity contribution in [3.8, 4) is 5.75 Å². The maximum atomic E-state index is 12.2. The molecule has 1 aliphatic rings. The topological polar surface area (TPSA) is 50.7 Å². The SMILES string of the molecule is CCOc1c(Cl)cc(/C=C2/SC(=Nc3ccc(C)cc3)NC2=O)cc1Cl. The van der Waals surface area contributed by atoms with Crippen LogP contribution in [0.15, 0.2) is 46.3 Å². The summed E-state index contributed by atoms with van der Waals surface area (Å²) in [6.45, 7) is 4.34. The van der Waals surface area contributed by atoms with Gasteiger partial charge in [0, 0.05) is 0 Å². The molecule has 1 fully saturated rings. The van der Waals surface area contributed by atoms with Gasteiger partial charge in [0.1, 0.15) is 0 Å². The van der Waals surface area contributed by atoms with E-state index in [-0.39, 0.29) is 5.91 Å². The molecule has 1 aliphatic heterocycles. The number of carbonyl (C=O) groups is 1. The van der Waals surface area contributed by atoms with Gasteiger partial charge in [-0.25, -0.2) is 4.99 Å². The fourth-order valence-corrected chi connectivity index (χ4v) is 3.77. The van der Waals surface area contributed by atoms with Gasteiger partial charge in [-0.05, 0) is 61.5 Å². The Balaban J connectivity index is 1.84. The Hall–Kier alpha value is -1.95. The lowest BCUT2D eigenvalue weighted by atomic mass is 10.2.